The fourth-order valence-electron chi connectivity index (χ4n) is 1.35. The molecule has 18 heavy (non-hydrogen) atoms. The molecule has 3 rings (SSSR count). The fourth-order valence-corrected chi connectivity index (χ4v) is 3.19. The summed E-state index contributed by atoms with van der Waals surface area (Å²) in [6.45, 7) is 0. The molecule has 3 aromatic heterocycles. The first-order valence-electron chi connectivity index (χ1n) is 5.04. The van der Waals surface area contributed by atoms with Gasteiger partial charge in [0.2, 0.25) is 5.13 Å². The van der Waals surface area contributed by atoms with Crippen LogP contribution in [0.3, 0.4) is 0 Å². The van der Waals surface area contributed by atoms with Crippen molar-refractivity contribution in [2.75, 3.05) is 5.32 Å². The van der Waals surface area contributed by atoms with Gasteiger partial charge in [-0.1, -0.05) is 6.07 Å². The van der Waals surface area contributed by atoms with Gasteiger partial charge in [-0.2, -0.15) is 20.7 Å². The van der Waals surface area contributed by atoms with Crippen LogP contribution in [0.4, 0.5) is 5.13 Å². The predicted molar refractivity (Wildman–Crippen MR) is 75.5 cm³/mol. The summed E-state index contributed by atoms with van der Waals surface area (Å²) in [5.74, 6) is 0.515. The maximum atomic E-state index is 11.8. The van der Waals surface area contributed by atoms with Crippen LogP contribution in [0.1, 0.15) is 9.67 Å². The van der Waals surface area contributed by atoms with Gasteiger partial charge in [0.15, 0.2) is 5.82 Å². The smallest absolute Gasteiger partial charge is 0.267 e. The van der Waals surface area contributed by atoms with Crippen molar-refractivity contribution in [3.05, 3.63) is 39.2 Å². The van der Waals surface area contributed by atoms with Crippen LogP contribution in [0.5, 0.6) is 0 Å². The molecule has 0 radical (unpaired) electrons. The summed E-state index contributed by atoms with van der Waals surface area (Å²) in [5.41, 5.74) is 0.980. The van der Waals surface area contributed by atoms with Gasteiger partial charge in [0.25, 0.3) is 5.91 Å². The zero-order valence-corrected chi connectivity index (χ0v) is 11.4. The van der Waals surface area contributed by atoms with Gasteiger partial charge >= 0.3 is 0 Å². The Kier molecular flexibility index (Phi) is 3.18. The minimum absolute atomic E-state index is 0.141. The van der Waals surface area contributed by atoms with Crippen LogP contribution < -0.4 is 5.32 Å². The van der Waals surface area contributed by atoms with Gasteiger partial charge in [-0.15, -0.1) is 11.3 Å². The molecule has 3 aromatic rings. The van der Waals surface area contributed by atoms with Crippen molar-refractivity contribution >= 4 is 45.2 Å². The normalized spacial score (nSPS) is 10.4. The van der Waals surface area contributed by atoms with Gasteiger partial charge < -0.3 is 0 Å². The van der Waals surface area contributed by atoms with Crippen LogP contribution in [0, 0.1) is 0 Å². The lowest BCUT2D eigenvalue weighted by molar-refractivity contribution is 0.103. The van der Waals surface area contributed by atoms with E-state index in [1.807, 2.05) is 28.3 Å². The lowest BCUT2D eigenvalue weighted by Crippen LogP contribution is -2.09. The molecule has 0 spiro atoms. The van der Waals surface area contributed by atoms with Crippen LogP contribution in [-0.4, -0.2) is 15.3 Å². The van der Waals surface area contributed by atoms with Crippen molar-refractivity contribution < 1.29 is 4.79 Å². The Labute approximate surface area is 115 Å². The average Bonchev–Trinajstić information content (AvgIpc) is 3.12. The topological polar surface area (TPSA) is 54.9 Å². The van der Waals surface area contributed by atoms with Crippen molar-refractivity contribution in [3.63, 3.8) is 0 Å². The molecular weight excluding hydrogens is 286 g/mol. The highest BCUT2D eigenvalue weighted by Gasteiger charge is 2.11. The van der Waals surface area contributed by atoms with E-state index in [0.717, 1.165) is 5.56 Å². The number of carbonyl (C=O) groups excluding carboxylic acids is 1. The second-order valence-corrected chi connectivity index (χ2v) is 5.85. The largest absolute Gasteiger partial charge is 0.296 e. The molecule has 0 aliphatic carbocycles. The van der Waals surface area contributed by atoms with Crippen LogP contribution in [-0.2, 0) is 0 Å². The van der Waals surface area contributed by atoms with Gasteiger partial charge in [0, 0.05) is 22.5 Å². The number of nitrogens with one attached hydrogen (secondary N) is 1. The molecule has 0 aromatic carbocycles. The molecular formula is C11H7N3OS3. The predicted octanol–water partition coefficient (Wildman–Crippen LogP) is 3.58. The number of rotatable bonds is 3. The summed E-state index contributed by atoms with van der Waals surface area (Å²) < 4.78 is 4.22. The van der Waals surface area contributed by atoms with Gasteiger partial charge in [0.1, 0.15) is 0 Å². The van der Waals surface area contributed by atoms with Crippen molar-refractivity contribution in [1.82, 2.24) is 9.36 Å². The van der Waals surface area contributed by atoms with Gasteiger partial charge in [0.05, 0.1) is 4.88 Å². The first kappa shape index (κ1) is 11.5. The van der Waals surface area contributed by atoms with Crippen LogP contribution in [0.2, 0.25) is 0 Å². The van der Waals surface area contributed by atoms with E-state index in [1.165, 1.54) is 22.9 Å². The van der Waals surface area contributed by atoms with E-state index in [2.05, 4.69) is 14.7 Å². The number of aromatic nitrogens is 2. The van der Waals surface area contributed by atoms with E-state index in [1.54, 1.807) is 17.4 Å². The van der Waals surface area contributed by atoms with E-state index < -0.39 is 0 Å². The molecule has 0 unspecified atom stereocenters. The summed E-state index contributed by atoms with van der Waals surface area (Å²) in [4.78, 5) is 16.8. The second-order valence-electron chi connectivity index (χ2n) is 3.37. The summed E-state index contributed by atoms with van der Waals surface area (Å²) in [6, 6.07) is 5.58. The molecule has 0 bridgehead atoms. The van der Waals surface area contributed by atoms with Gasteiger partial charge in [-0.05, 0) is 22.9 Å². The van der Waals surface area contributed by atoms with Crippen LogP contribution in [0.15, 0.2) is 34.3 Å². The Morgan fingerprint density at radius 3 is 2.94 bits per heavy atom. The van der Waals surface area contributed by atoms with Crippen LogP contribution in [0.25, 0.3) is 11.4 Å². The Balaban J connectivity index is 1.76. The van der Waals surface area contributed by atoms with Crippen LogP contribution >= 0.6 is 34.2 Å². The number of carbonyl (C=O) groups is 1. The van der Waals surface area contributed by atoms with Crippen molar-refractivity contribution in [3.8, 4) is 11.4 Å². The van der Waals surface area contributed by atoms with E-state index in [0.29, 0.717) is 15.8 Å². The van der Waals surface area contributed by atoms with Crippen molar-refractivity contribution in [2.45, 2.75) is 0 Å². The molecule has 0 atom stereocenters. The minimum atomic E-state index is -0.141. The molecule has 1 amide bonds. The zero-order chi connectivity index (χ0) is 12.4. The molecule has 0 aliphatic heterocycles. The third-order valence-electron chi connectivity index (χ3n) is 2.17. The highest BCUT2D eigenvalue weighted by Crippen LogP contribution is 2.23. The SMILES string of the molecule is O=C(Nc1nc(-c2ccsc2)ns1)c1cccs1. The summed E-state index contributed by atoms with van der Waals surface area (Å²) in [6.07, 6.45) is 0. The first-order chi connectivity index (χ1) is 8.83. The quantitative estimate of drug-likeness (QED) is 0.803. The van der Waals surface area contributed by atoms with Gasteiger partial charge in [-0.25, -0.2) is 0 Å². The first-order valence-corrected chi connectivity index (χ1v) is 7.63. The standard InChI is InChI=1S/C11H7N3OS3/c15-10(8-2-1-4-17-8)13-11-12-9(14-18-11)7-3-5-16-6-7/h1-6H,(H,12,13,14,15). The Morgan fingerprint density at radius 1 is 1.28 bits per heavy atom. The lowest BCUT2D eigenvalue weighted by Gasteiger charge is -1.96. The second kappa shape index (κ2) is 4.97. The molecule has 0 saturated carbocycles. The Bertz CT molecular complexity index is 643. The number of nitrogens with zero attached hydrogens (tertiary/aromatic N) is 2. The van der Waals surface area contributed by atoms with Gasteiger partial charge in [-0.3, -0.25) is 10.1 Å². The Hall–Kier alpha value is -1.57. The molecule has 7 heteroatoms. The molecule has 3 heterocycles. The Morgan fingerprint density at radius 2 is 2.22 bits per heavy atom. The maximum Gasteiger partial charge on any atom is 0.267 e. The van der Waals surface area contributed by atoms with E-state index in [9.17, 15) is 4.79 Å². The monoisotopic (exact) mass is 293 g/mol. The average molecular weight is 293 g/mol. The molecule has 0 fully saturated rings. The maximum absolute atomic E-state index is 11.8. The number of amides is 1. The minimum Gasteiger partial charge on any atom is -0.296 e. The fraction of sp³-hybridized carbons (Fsp3) is 0. The summed E-state index contributed by atoms with van der Waals surface area (Å²) in [5, 5.41) is 9.09. The molecule has 90 valence electrons. The summed E-state index contributed by atoms with van der Waals surface area (Å²) >= 11 is 4.19. The number of thiophene rings is 2. The lowest BCUT2D eigenvalue weighted by atomic mass is 10.3. The molecule has 4 nitrogen and oxygen atoms in total. The van der Waals surface area contributed by atoms with Crippen molar-refractivity contribution in [2.24, 2.45) is 0 Å². The third-order valence-corrected chi connectivity index (χ3v) is 4.35. The highest BCUT2D eigenvalue weighted by atomic mass is 32.1. The van der Waals surface area contributed by atoms with E-state index >= 15 is 0 Å². The van der Waals surface area contributed by atoms with E-state index in [4.69, 9.17) is 0 Å². The third kappa shape index (κ3) is 2.33. The van der Waals surface area contributed by atoms with E-state index in [-0.39, 0.29) is 5.91 Å². The number of anilines is 1. The highest BCUT2D eigenvalue weighted by molar-refractivity contribution is 7.12. The molecule has 1 N–H and O–H groups in total. The number of hydrogen-bond acceptors (Lipinski definition) is 6. The molecule has 0 saturated heterocycles. The summed E-state index contributed by atoms with van der Waals surface area (Å²) in [7, 11) is 0. The molecule has 0 aliphatic rings. The number of hydrogen-bond donors (Lipinski definition) is 1. The zero-order valence-electron chi connectivity index (χ0n) is 8.99. The van der Waals surface area contributed by atoms with Crippen molar-refractivity contribution in [1.29, 1.82) is 0 Å².